The third kappa shape index (κ3) is 2.90. The second kappa shape index (κ2) is 5.42. The summed E-state index contributed by atoms with van der Waals surface area (Å²) >= 11 is 1.72. The Balaban J connectivity index is 2.06. The Morgan fingerprint density at radius 1 is 1.44 bits per heavy atom. The van der Waals surface area contributed by atoms with E-state index in [-0.39, 0.29) is 0 Å². The fourth-order valence-electron chi connectivity index (χ4n) is 1.21. The molecule has 2 rings (SSSR count). The quantitative estimate of drug-likeness (QED) is 0.633. The van der Waals surface area contributed by atoms with Gasteiger partial charge in [0.05, 0.1) is 6.20 Å². The number of nitrogens with zero attached hydrogens (tertiary/aromatic N) is 1. The SMILES string of the molecule is C=CCSc1cccc(Oc2ccn[nH]2)c1. The Labute approximate surface area is 98.5 Å². The lowest BCUT2D eigenvalue weighted by Crippen LogP contribution is -1.84. The topological polar surface area (TPSA) is 37.9 Å². The molecule has 0 aliphatic carbocycles. The maximum absolute atomic E-state index is 5.58. The lowest BCUT2D eigenvalue weighted by molar-refractivity contribution is 0.460. The average molecular weight is 232 g/mol. The molecule has 16 heavy (non-hydrogen) atoms. The number of nitrogens with one attached hydrogen (secondary N) is 1. The molecule has 0 aliphatic heterocycles. The minimum atomic E-state index is 0.644. The summed E-state index contributed by atoms with van der Waals surface area (Å²) in [4.78, 5) is 1.16. The van der Waals surface area contributed by atoms with E-state index >= 15 is 0 Å². The van der Waals surface area contributed by atoms with Crippen LogP contribution in [0.5, 0.6) is 11.6 Å². The Morgan fingerprint density at radius 2 is 2.38 bits per heavy atom. The molecule has 0 radical (unpaired) electrons. The highest BCUT2D eigenvalue weighted by Crippen LogP contribution is 2.25. The summed E-state index contributed by atoms with van der Waals surface area (Å²) in [5.74, 6) is 2.34. The van der Waals surface area contributed by atoms with E-state index in [1.165, 1.54) is 0 Å². The molecular formula is C12H12N2OS. The van der Waals surface area contributed by atoms with Crippen LogP contribution in [0.2, 0.25) is 0 Å². The van der Waals surface area contributed by atoms with Crippen molar-refractivity contribution < 1.29 is 4.74 Å². The van der Waals surface area contributed by atoms with Crippen LogP contribution in [-0.2, 0) is 0 Å². The van der Waals surface area contributed by atoms with Crippen LogP contribution in [-0.4, -0.2) is 16.0 Å². The molecule has 1 aromatic heterocycles. The van der Waals surface area contributed by atoms with E-state index in [2.05, 4.69) is 16.8 Å². The van der Waals surface area contributed by atoms with E-state index in [9.17, 15) is 0 Å². The van der Waals surface area contributed by atoms with E-state index in [1.807, 2.05) is 30.3 Å². The molecule has 1 N–H and O–H groups in total. The first-order chi connectivity index (χ1) is 7.88. The molecule has 3 nitrogen and oxygen atoms in total. The van der Waals surface area contributed by atoms with Crippen LogP contribution in [0, 0.1) is 0 Å². The highest BCUT2D eigenvalue weighted by atomic mass is 32.2. The van der Waals surface area contributed by atoms with Crippen LogP contribution >= 0.6 is 11.8 Å². The number of H-pyrrole nitrogens is 1. The maximum atomic E-state index is 5.58. The summed E-state index contributed by atoms with van der Waals surface area (Å²) in [7, 11) is 0. The largest absolute Gasteiger partial charge is 0.439 e. The fourth-order valence-corrected chi connectivity index (χ4v) is 1.89. The van der Waals surface area contributed by atoms with Crippen LogP contribution in [0.15, 0.2) is 54.1 Å². The number of hydrogen-bond acceptors (Lipinski definition) is 3. The molecule has 1 aromatic carbocycles. The monoisotopic (exact) mass is 232 g/mol. The Kier molecular flexibility index (Phi) is 3.66. The third-order valence-corrected chi connectivity index (χ3v) is 2.87. The van der Waals surface area contributed by atoms with Crippen molar-refractivity contribution in [3.63, 3.8) is 0 Å². The van der Waals surface area contributed by atoms with Crippen molar-refractivity contribution in [2.24, 2.45) is 0 Å². The van der Waals surface area contributed by atoms with E-state index in [1.54, 1.807) is 24.0 Å². The van der Waals surface area contributed by atoms with Gasteiger partial charge in [0, 0.05) is 16.7 Å². The third-order valence-electron chi connectivity index (χ3n) is 1.88. The van der Waals surface area contributed by atoms with Gasteiger partial charge < -0.3 is 4.74 Å². The van der Waals surface area contributed by atoms with Crippen molar-refractivity contribution in [3.8, 4) is 11.6 Å². The first kappa shape index (κ1) is 10.8. The summed E-state index contributed by atoms with van der Waals surface area (Å²) in [6, 6.07) is 9.71. The molecule has 0 saturated heterocycles. The van der Waals surface area contributed by atoms with Gasteiger partial charge >= 0.3 is 0 Å². The highest BCUT2D eigenvalue weighted by molar-refractivity contribution is 7.99. The van der Waals surface area contributed by atoms with Crippen molar-refractivity contribution in [2.45, 2.75) is 4.90 Å². The molecular weight excluding hydrogens is 220 g/mol. The van der Waals surface area contributed by atoms with Gasteiger partial charge in [0.15, 0.2) is 0 Å². The second-order valence-electron chi connectivity index (χ2n) is 3.10. The molecule has 1 heterocycles. The molecule has 82 valence electrons. The van der Waals surface area contributed by atoms with Gasteiger partial charge in [-0.1, -0.05) is 12.1 Å². The van der Waals surface area contributed by atoms with Crippen molar-refractivity contribution >= 4 is 11.8 Å². The molecule has 4 heteroatoms. The Bertz CT molecular complexity index is 454. The van der Waals surface area contributed by atoms with Crippen molar-refractivity contribution in [2.75, 3.05) is 5.75 Å². The fraction of sp³-hybridized carbons (Fsp3) is 0.0833. The van der Waals surface area contributed by atoms with Gasteiger partial charge in [-0.15, -0.1) is 18.3 Å². The van der Waals surface area contributed by atoms with Crippen LogP contribution in [0.1, 0.15) is 0 Å². The minimum absolute atomic E-state index is 0.644. The Morgan fingerprint density at radius 3 is 3.12 bits per heavy atom. The van der Waals surface area contributed by atoms with Gasteiger partial charge in [0.25, 0.3) is 0 Å². The predicted octanol–water partition coefficient (Wildman–Crippen LogP) is 3.48. The Hall–Kier alpha value is -1.68. The maximum Gasteiger partial charge on any atom is 0.215 e. The molecule has 0 amide bonds. The molecule has 0 bridgehead atoms. The van der Waals surface area contributed by atoms with Crippen LogP contribution in [0.25, 0.3) is 0 Å². The molecule has 2 aromatic rings. The van der Waals surface area contributed by atoms with Crippen LogP contribution in [0.3, 0.4) is 0 Å². The number of benzene rings is 1. The summed E-state index contributed by atoms with van der Waals surface area (Å²) in [6.07, 6.45) is 3.54. The van der Waals surface area contributed by atoms with E-state index in [0.29, 0.717) is 5.88 Å². The van der Waals surface area contributed by atoms with Crippen molar-refractivity contribution in [1.29, 1.82) is 0 Å². The average Bonchev–Trinajstić information content (AvgIpc) is 2.80. The van der Waals surface area contributed by atoms with E-state index in [4.69, 9.17) is 4.74 Å². The molecule has 0 saturated carbocycles. The standard InChI is InChI=1S/C12H12N2OS/c1-2-8-16-11-5-3-4-10(9-11)15-12-6-7-13-14-12/h2-7,9H,1,8H2,(H,13,14). The first-order valence-corrected chi connectivity index (χ1v) is 5.88. The van der Waals surface area contributed by atoms with Gasteiger partial charge in [0.1, 0.15) is 5.75 Å². The molecule has 0 aliphatic rings. The summed E-state index contributed by atoms with van der Waals surface area (Å²) in [6.45, 7) is 3.69. The second-order valence-corrected chi connectivity index (χ2v) is 4.19. The number of aromatic nitrogens is 2. The minimum Gasteiger partial charge on any atom is -0.439 e. The first-order valence-electron chi connectivity index (χ1n) is 4.89. The van der Waals surface area contributed by atoms with Gasteiger partial charge in [-0.05, 0) is 18.2 Å². The van der Waals surface area contributed by atoms with Crippen molar-refractivity contribution in [3.05, 3.63) is 49.2 Å². The number of aromatic amines is 1. The van der Waals surface area contributed by atoms with E-state index in [0.717, 1.165) is 16.4 Å². The number of rotatable bonds is 5. The summed E-state index contributed by atoms with van der Waals surface area (Å²) in [5, 5.41) is 6.57. The van der Waals surface area contributed by atoms with Gasteiger partial charge in [0.2, 0.25) is 5.88 Å². The zero-order valence-electron chi connectivity index (χ0n) is 8.72. The molecule has 0 spiro atoms. The highest BCUT2D eigenvalue weighted by Gasteiger charge is 1.99. The lowest BCUT2D eigenvalue weighted by atomic mass is 10.3. The van der Waals surface area contributed by atoms with Crippen LogP contribution < -0.4 is 4.74 Å². The smallest absolute Gasteiger partial charge is 0.215 e. The predicted molar refractivity (Wildman–Crippen MR) is 66.0 cm³/mol. The molecule has 0 atom stereocenters. The molecule has 0 fully saturated rings. The molecule has 0 unspecified atom stereocenters. The van der Waals surface area contributed by atoms with Crippen molar-refractivity contribution in [1.82, 2.24) is 10.2 Å². The van der Waals surface area contributed by atoms with Gasteiger partial charge in [-0.3, -0.25) is 0 Å². The number of hydrogen-bond donors (Lipinski definition) is 1. The zero-order chi connectivity index (χ0) is 11.2. The summed E-state index contributed by atoms with van der Waals surface area (Å²) in [5.41, 5.74) is 0. The lowest BCUT2D eigenvalue weighted by Gasteiger charge is -2.04. The zero-order valence-corrected chi connectivity index (χ0v) is 9.54. The summed E-state index contributed by atoms with van der Waals surface area (Å²) < 4.78 is 5.58. The number of ether oxygens (including phenoxy) is 1. The van der Waals surface area contributed by atoms with Gasteiger partial charge in [-0.2, -0.15) is 5.10 Å². The van der Waals surface area contributed by atoms with Gasteiger partial charge in [-0.25, -0.2) is 5.10 Å². The van der Waals surface area contributed by atoms with E-state index < -0.39 is 0 Å². The normalized spacial score (nSPS) is 10.0. The van der Waals surface area contributed by atoms with Crippen LogP contribution in [0.4, 0.5) is 0 Å². The number of thioether (sulfide) groups is 1.